The van der Waals surface area contributed by atoms with E-state index in [-0.39, 0.29) is 24.1 Å². The zero-order chi connectivity index (χ0) is 24.3. The smallest absolute Gasteiger partial charge is 0.227 e. The normalized spacial score (nSPS) is 19.8. The number of hydrogen-bond acceptors (Lipinski definition) is 5. The molecule has 34 heavy (non-hydrogen) atoms. The summed E-state index contributed by atoms with van der Waals surface area (Å²) in [5.41, 5.74) is 1.41. The Labute approximate surface area is 211 Å². The highest BCUT2D eigenvalue weighted by molar-refractivity contribution is 7.88. The molecule has 2 aliphatic heterocycles. The number of rotatable bonds is 6. The molecule has 0 saturated carbocycles. The number of sulfonamides is 1. The first kappa shape index (κ1) is 25.1. The van der Waals surface area contributed by atoms with E-state index in [0.717, 1.165) is 11.4 Å². The van der Waals surface area contributed by atoms with Gasteiger partial charge in [0, 0.05) is 54.9 Å². The van der Waals surface area contributed by atoms with Gasteiger partial charge in [-0.1, -0.05) is 41.4 Å². The third-order valence-electron chi connectivity index (χ3n) is 6.53. The molecule has 2 aliphatic rings. The van der Waals surface area contributed by atoms with Crippen LogP contribution in [-0.2, 0) is 20.6 Å². The molecule has 0 spiro atoms. The zero-order valence-electron chi connectivity index (χ0n) is 19.1. The second kappa shape index (κ2) is 10.7. The van der Waals surface area contributed by atoms with Crippen LogP contribution < -0.4 is 9.64 Å². The van der Waals surface area contributed by atoms with E-state index < -0.39 is 10.0 Å². The van der Waals surface area contributed by atoms with Crippen LogP contribution in [0, 0.1) is 5.92 Å². The standard InChI is InChI=1S/C24H29Cl2N3O4S/c1-33-23-10-3-2-9-22(23)27-12-14-28(15-13-27)24(30)18-6-5-11-29(16-18)34(31,32)17-19-20(25)7-4-8-21(19)26/h2-4,7-10,18H,5-6,11-17H2,1H3/t18-/m0/s1. The van der Waals surface area contributed by atoms with Crippen LogP contribution in [0.25, 0.3) is 0 Å². The van der Waals surface area contributed by atoms with Gasteiger partial charge in [-0.3, -0.25) is 4.79 Å². The van der Waals surface area contributed by atoms with E-state index >= 15 is 0 Å². The van der Waals surface area contributed by atoms with Gasteiger partial charge in [-0.2, -0.15) is 0 Å². The summed E-state index contributed by atoms with van der Waals surface area (Å²) in [5, 5.41) is 0.655. The lowest BCUT2D eigenvalue weighted by atomic mass is 9.97. The molecule has 0 bridgehead atoms. The van der Waals surface area contributed by atoms with Gasteiger partial charge < -0.3 is 14.5 Å². The lowest BCUT2D eigenvalue weighted by molar-refractivity contribution is -0.137. The molecular formula is C24H29Cl2N3O4S. The Morgan fingerprint density at radius 1 is 1.00 bits per heavy atom. The SMILES string of the molecule is COc1ccccc1N1CCN(C(=O)[C@H]2CCCN(S(=O)(=O)Cc3c(Cl)cccc3Cl)C2)CC1. The van der Waals surface area contributed by atoms with Crippen LogP contribution in [0.5, 0.6) is 5.75 Å². The van der Waals surface area contributed by atoms with E-state index in [4.69, 9.17) is 27.9 Å². The van der Waals surface area contributed by atoms with Crippen molar-refractivity contribution in [2.45, 2.75) is 18.6 Å². The number of piperidine rings is 1. The lowest BCUT2D eigenvalue weighted by Crippen LogP contribution is -2.53. The van der Waals surface area contributed by atoms with Crippen LogP contribution in [0.15, 0.2) is 42.5 Å². The van der Waals surface area contributed by atoms with E-state index in [9.17, 15) is 13.2 Å². The highest BCUT2D eigenvalue weighted by atomic mass is 35.5. The third-order valence-corrected chi connectivity index (χ3v) is 9.01. The molecule has 184 valence electrons. The quantitative estimate of drug-likeness (QED) is 0.572. The molecular weight excluding hydrogens is 497 g/mol. The predicted molar refractivity (Wildman–Crippen MR) is 135 cm³/mol. The topological polar surface area (TPSA) is 70.2 Å². The maximum Gasteiger partial charge on any atom is 0.227 e. The lowest BCUT2D eigenvalue weighted by Gasteiger charge is -2.39. The molecule has 1 amide bonds. The number of ether oxygens (including phenoxy) is 1. The fourth-order valence-corrected chi connectivity index (χ4v) is 7.02. The molecule has 2 aromatic carbocycles. The van der Waals surface area contributed by atoms with Crippen molar-refractivity contribution in [3.63, 3.8) is 0 Å². The summed E-state index contributed by atoms with van der Waals surface area (Å²) in [4.78, 5) is 17.4. The van der Waals surface area contributed by atoms with Gasteiger partial charge >= 0.3 is 0 Å². The van der Waals surface area contributed by atoms with Crippen molar-refractivity contribution in [1.29, 1.82) is 0 Å². The summed E-state index contributed by atoms with van der Waals surface area (Å²) in [7, 11) is -2.01. The average molecular weight is 526 g/mol. The minimum Gasteiger partial charge on any atom is -0.495 e. The second-order valence-electron chi connectivity index (χ2n) is 8.64. The molecule has 0 aromatic heterocycles. The summed E-state index contributed by atoms with van der Waals surface area (Å²) in [6.45, 7) is 3.17. The van der Waals surface area contributed by atoms with Crippen molar-refractivity contribution < 1.29 is 17.9 Å². The van der Waals surface area contributed by atoms with Gasteiger partial charge in [0.05, 0.1) is 24.5 Å². The molecule has 0 N–H and O–H groups in total. The van der Waals surface area contributed by atoms with Gasteiger partial charge in [0.1, 0.15) is 5.75 Å². The second-order valence-corrected chi connectivity index (χ2v) is 11.4. The van der Waals surface area contributed by atoms with Gasteiger partial charge in [0.15, 0.2) is 0 Å². The van der Waals surface area contributed by atoms with E-state index in [2.05, 4.69) is 4.90 Å². The number of nitrogens with zero attached hydrogens (tertiary/aromatic N) is 3. The number of piperazine rings is 1. The number of amides is 1. The van der Waals surface area contributed by atoms with Gasteiger partial charge in [-0.15, -0.1) is 0 Å². The minimum absolute atomic E-state index is 0.0235. The molecule has 0 unspecified atom stereocenters. The van der Waals surface area contributed by atoms with E-state index in [0.29, 0.717) is 61.2 Å². The largest absolute Gasteiger partial charge is 0.495 e. The zero-order valence-corrected chi connectivity index (χ0v) is 21.4. The molecule has 2 heterocycles. The van der Waals surface area contributed by atoms with Crippen LogP contribution in [0.4, 0.5) is 5.69 Å². The molecule has 1 atom stereocenters. The van der Waals surface area contributed by atoms with Crippen molar-refractivity contribution in [3.8, 4) is 5.75 Å². The number of carbonyl (C=O) groups is 1. The van der Waals surface area contributed by atoms with Gasteiger partial charge in [0.25, 0.3) is 0 Å². The first-order valence-corrected chi connectivity index (χ1v) is 13.7. The summed E-state index contributed by atoms with van der Waals surface area (Å²) in [5.74, 6) is 0.219. The Hall–Kier alpha value is -2.00. The monoisotopic (exact) mass is 525 g/mol. The van der Waals surface area contributed by atoms with Gasteiger partial charge in [-0.25, -0.2) is 12.7 Å². The number of carbonyl (C=O) groups excluding carboxylic acids is 1. The summed E-state index contributed by atoms with van der Waals surface area (Å²) in [6.07, 6.45) is 1.33. The van der Waals surface area contributed by atoms with Crippen molar-refractivity contribution in [2.24, 2.45) is 5.92 Å². The first-order valence-electron chi connectivity index (χ1n) is 11.4. The molecule has 4 rings (SSSR count). The first-order chi connectivity index (χ1) is 16.3. The number of hydrogen-bond donors (Lipinski definition) is 0. The number of anilines is 1. The Kier molecular flexibility index (Phi) is 7.92. The van der Waals surface area contributed by atoms with E-state index in [1.54, 1.807) is 25.3 Å². The number of para-hydroxylation sites is 2. The molecule has 0 aliphatic carbocycles. The van der Waals surface area contributed by atoms with Crippen molar-refractivity contribution >= 4 is 44.8 Å². The summed E-state index contributed by atoms with van der Waals surface area (Å²) >= 11 is 12.4. The van der Waals surface area contributed by atoms with E-state index in [1.165, 1.54) is 4.31 Å². The van der Waals surface area contributed by atoms with Crippen LogP contribution in [0.2, 0.25) is 10.0 Å². The molecule has 2 saturated heterocycles. The molecule has 0 radical (unpaired) electrons. The highest BCUT2D eigenvalue weighted by Gasteiger charge is 2.36. The van der Waals surface area contributed by atoms with Crippen LogP contribution in [0.1, 0.15) is 18.4 Å². The molecule has 2 fully saturated rings. The Bertz CT molecular complexity index is 1120. The van der Waals surface area contributed by atoms with Crippen molar-refractivity contribution in [1.82, 2.24) is 9.21 Å². The number of methoxy groups -OCH3 is 1. The van der Waals surface area contributed by atoms with Crippen LogP contribution >= 0.6 is 23.2 Å². The predicted octanol–water partition coefficient (Wildman–Crippen LogP) is 3.89. The molecule has 2 aromatic rings. The van der Waals surface area contributed by atoms with Crippen molar-refractivity contribution in [2.75, 3.05) is 51.3 Å². The Morgan fingerprint density at radius 3 is 2.35 bits per heavy atom. The maximum atomic E-state index is 13.3. The Morgan fingerprint density at radius 2 is 1.68 bits per heavy atom. The van der Waals surface area contributed by atoms with Crippen molar-refractivity contribution in [3.05, 3.63) is 58.1 Å². The Balaban J connectivity index is 1.38. The number of halogens is 2. The minimum atomic E-state index is -3.66. The fourth-order valence-electron chi connectivity index (χ4n) is 4.66. The number of benzene rings is 2. The summed E-state index contributed by atoms with van der Waals surface area (Å²) < 4.78 is 33.1. The molecule has 10 heteroatoms. The van der Waals surface area contributed by atoms with Crippen LogP contribution in [0.3, 0.4) is 0 Å². The average Bonchev–Trinajstić information content (AvgIpc) is 2.86. The fraction of sp³-hybridized carbons (Fsp3) is 0.458. The van der Waals surface area contributed by atoms with Gasteiger partial charge in [-0.05, 0) is 37.1 Å². The van der Waals surface area contributed by atoms with E-state index in [1.807, 2.05) is 29.2 Å². The maximum absolute atomic E-state index is 13.3. The van der Waals surface area contributed by atoms with Crippen LogP contribution in [-0.4, -0.2) is 69.9 Å². The molecule has 7 nitrogen and oxygen atoms in total. The van der Waals surface area contributed by atoms with Gasteiger partial charge in [0.2, 0.25) is 15.9 Å². The summed E-state index contributed by atoms with van der Waals surface area (Å²) in [6, 6.07) is 12.8. The highest BCUT2D eigenvalue weighted by Crippen LogP contribution is 2.31. The third kappa shape index (κ3) is 5.46.